The first-order valence-corrected chi connectivity index (χ1v) is 14.3. The van der Waals surface area contributed by atoms with E-state index in [4.69, 9.17) is 4.74 Å². The molecule has 1 atom stereocenters. The fraction of sp³-hybridized carbons (Fsp3) is 0.371. The van der Waals surface area contributed by atoms with E-state index in [0.717, 1.165) is 45.9 Å². The van der Waals surface area contributed by atoms with Crippen LogP contribution < -0.4 is 20.3 Å². The SMILES string of the molecule is COc1ccccc1CNC(=O)CN1c2ccccc2NC2=C(C(=O)CC(C)(C)C2)C1c1ccc(C(C)(C)C)cc1. The highest BCUT2D eigenvalue weighted by Crippen LogP contribution is 2.48. The monoisotopic (exact) mass is 551 g/mol. The molecule has 6 heteroatoms. The number of hydrogen-bond acceptors (Lipinski definition) is 5. The number of ketones is 1. The Balaban J connectivity index is 1.57. The Hall–Kier alpha value is -4.06. The molecule has 1 aliphatic heterocycles. The van der Waals surface area contributed by atoms with Crippen molar-refractivity contribution in [2.24, 2.45) is 5.41 Å². The van der Waals surface area contributed by atoms with Gasteiger partial charge in [0.25, 0.3) is 0 Å². The molecule has 2 N–H and O–H groups in total. The van der Waals surface area contributed by atoms with Gasteiger partial charge in [-0.1, -0.05) is 89.2 Å². The van der Waals surface area contributed by atoms with Gasteiger partial charge < -0.3 is 20.3 Å². The number of methoxy groups -OCH3 is 1. The molecule has 0 aromatic heterocycles. The molecule has 2 aliphatic rings. The van der Waals surface area contributed by atoms with Crippen molar-refractivity contribution in [2.45, 2.75) is 65.5 Å². The molecule has 1 unspecified atom stereocenters. The van der Waals surface area contributed by atoms with E-state index in [-0.39, 0.29) is 29.1 Å². The van der Waals surface area contributed by atoms with Crippen LogP contribution in [0.1, 0.15) is 70.2 Å². The van der Waals surface area contributed by atoms with Gasteiger partial charge in [-0.05, 0) is 46.6 Å². The molecule has 1 amide bonds. The lowest BCUT2D eigenvalue weighted by atomic mass is 9.73. The van der Waals surface area contributed by atoms with Crippen molar-refractivity contribution < 1.29 is 14.3 Å². The number of Topliss-reactive ketones (excluding diaryl/α,β-unsaturated/α-hetero) is 1. The van der Waals surface area contributed by atoms with Gasteiger partial charge in [-0.2, -0.15) is 0 Å². The van der Waals surface area contributed by atoms with Gasteiger partial charge in [0.1, 0.15) is 5.75 Å². The Labute approximate surface area is 243 Å². The molecule has 6 nitrogen and oxygen atoms in total. The highest BCUT2D eigenvalue weighted by molar-refractivity contribution is 6.01. The van der Waals surface area contributed by atoms with Gasteiger partial charge in [0.2, 0.25) is 5.91 Å². The fourth-order valence-corrected chi connectivity index (χ4v) is 5.99. The van der Waals surface area contributed by atoms with Crippen LogP contribution >= 0.6 is 0 Å². The van der Waals surface area contributed by atoms with E-state index >= 15 is 0 Å². The Morgan fingerprint density at radius 3 is 2.39 bits per heavy atom. The Morgan fingerprint density at radius 2 is 1.68 bits per heavy atom. The maximum absolute atomic E-state index is 13.9. The molecule has 0 spiro atoms. The van der Waals surface area contributed by atoms with Gasteiger partial charge in [0.05, 0.1) is 31.1 Å². The molecule has 3 aromatic rings. The second-order valence-electron chi connectivity index (χ2n) is 13.0. The molecular weight excluding hydrogens is 510 g/mol. The fourth-order valence-electron chi connectivity index (χ4n) is 5.99. The molecule has 0 fully saturated rings. The molecule has 1 heterocycles. The number of benzene rings is 3. The quantitative estimate of drug-likeness (QED) is 0.348. The number of carbonyl (C=O) groups is 2. The normalized spacial score (nSPS) is 18.1. The summed E-state index contributed by atoms with van der Waals surface area (Å²) in [4.78, 5) is 29.6. The van der Waals surface area contributed by atoms with Crippen molar-refractivity contribution in [3.05, 3.63) is 101 Å². The van der Waals surface area contributed by atoms with Crippen LogP contribution in [0, 0.1) is 5.41 Å². The van der Waals surface area contributed by atoms with E-state index in [1.807, 2.05) is 48.5 Å². The molecule has 0 saturated carbocycles. The first-order valence-electron chi connectivity index (χ1n) is 14.3. The number of carbonyl (C=O) groups excluding carboxylic acids is 2. The number of anilines is 2. The largest absolute Gasteiger partial charge is 0.496 e. The highest BCUT2D eigenvalue weighted by atomic mass is 16.5. The molecule has 0 radical (unpaired) electrons. The number of nitrogens with zero attached hydrogens (tertiary/aromatic N) is 1. The zero-order valence-corrected chi connectivity index (χ0v) is 25.0. The molecule has 214 valence electrons. The maximum Gasteiger partial charge on any atom is 0.239 e. The van der Waals surface area contributed by atoms with E-state index in [1.54, 1.807) is 7.11 Å². The average Bonchev–Trinajstić information content (AvgIpc) is 3.05. The van der Waals surface area contributed by atoms with Crippen LogP contribution in [0.15, 0.2) is 84.1 Å². The minimum atomic E-state index is -0.407. The lowest BCUT2D eigenvalue weighted by molar-refractivity contribution is -0.120. The van der Waals surface area contributed by atoms with Gasteiger partial charge in [-0.15, -0.1) is 0 Å². The minimum Gasteiger partial charge on any atom is -0.496 e. The third-order valence-electron chi connectivity index (χ3n) is 8.08. The third kappa shape index (κ3) is 6.02. The lowest BCUT2D eigenvalue weighted by Gasteiger charge is -2.38. The van der Waals surface area contributed by atoms with Gasteiger partial charge in [0, 0.05) is 29.8 Å². The maximum atomic E-state index is 13.9. The summed E-state index contributed by atoms with van der Waals surface area (Å²) in [7, 11) is 1.63. The number of allylic oxidation sites excluding steroid dienone is 1. The predicted octanol–water partition coefficient (Wildman–Crippen LogP) is 6.93. The zero-order chi connectivity index (χ0) is 29.4. The summed E-state index contributed by atoms with van der Waals surface area (Å²) in [5.74, 6) is 0.731. The summed E-state index contributed by atoms with van der Waals surface area (Å²) < 4.78 is 5.47. The van der Waals surface area contributed by atoms with Crippen LogP contribution in [0.3, 0.4) is 0 Å². The van der Waals surface area contributed by atoms with Gasteiger partial charge in [-0.25, -0.2) is 0 Å². The molecule has 41 heavy (non-hydrogen) atoms. The average molecular weight is 552 g/mol. The summed E-state index contributed by atoms with van der Waals surface area (Å²) in [6.45, 7) is 11.3. The summed E-state index contributed by atoms with van der Waals surface area (Å²) in [6, 6.07) is 23.8. The van der Waals surface area contributed by atoms with Crippen LogP contribution in [-0.2, 0) is 21.5 Å². The molecule has 3 aromatic carbocycles. The van der Waals surface area contributed by atoms with Crippen LogP contribution in [0.5, 0.6) is 5.75 Å². The van der Waals surface area contributed by atoms with Crippen LogP contribution in [0.4, 0.5) is 11.4 Å². The van der Waals surface area contributed by atoms with Crippen LogP contribution in [0.25, 0.3) is 0 Å². The topological polar surface area (TPSA) is 70.7 Å². The number of ether oxygens (including phenoxy) is 1. The van der Waals surface area contributed by atoms with Crippen LogP contribution in [0.2, 0.25) is 0 Å². The second-order valence-corrected chi connectivity index (χ2v) is 13.0. The third-order valence-corrected chi connectivity index (χ3v) is 8.08. The Morgan fingerprint density at radius 1 is 1.00 bits per heavy atom. The minimum absolute atomic E-state index is 0.00329. The molecular formula is C35H41N3O3. The number of rotatable bonds is 6. The molecule has 1 aliphatic carbocycles. The van der Waals surface area contributed by atoms with Crippen molar-refractivity contribution in [1.82, 2.24) is 5.32 Å². The standard InChI is InChI=1S/C35H41N3O3/c1-34(2,3)25-17-15-23(16-18-25)33-32-27(19-35(4,5)20-29(32)39)37-26-12-8-9-13-28(26)38(33)22-31(40)36-21-24-11-7-10-14-30(24)41-6/h7-18,33,37H,19-22H2,1-6H3,(H,36,40). The summed E-state index contributed by atoms with van der Waals surface area (Å²) >= 11 is 0. The Bertz CT molecular complexity index is 1480. The second kappa shape index (κ2) is 11.1. The van der Waals surface area contributed by atoms with E-state index in [2.05, 4.69) is 74.4 Å². The molecule has 0 saturated heterocycles. The van der Waals surface area contributed by atoms with Gasteiger partial charge in [-0.3, -0.25) is 9.59 Å². The number of amides is 1. The Kier molecular flexibility index (Phi) is 7.69. The number of hydrogen-bond donors (Lipinski definition) is 2. The van der Waals surface area contributed by atoms with Crippen molar-refractivity contribution in [3.8, 4) is 5.75 Å². The predicted molar refractivity (Wildman–Crippen MR) is 165 cm³/mol. The van der Waals surface area contributed by atoms with E-state index < -0.39 is 6.04 Å². The van der Waals surface area contributed by atoms with Gasteiger partial charge in [0.15, 0.2) is 5.78 Å². The van der Waals surface area contributed by atoms with E-state index in [0.29, 0.717) is 13.0 Å². The number of fused-ring (bicyclic) bond motifs is 1. The van der Waals surface area contributed by atoms with Crippen molar-refractivity contribution >= 4 is 23.1 Å². The van der Waals surface area contributed by atoms with Crippen molar-refractivity contribution in [2.75, 3.05) is 23.9 Å². The van der Waals surface area contributed by atoms with Crippen molar-refractivity contribution in [1.29, 1.82) is 0 Å². The zero-order valence-electron chi connectivity index (χ0n) is 25.0. The van der Waals surface area contributed by atoms with E-state index in [1.165, 1.54) is 5.56 Å². The van der Waals surface area contributed by atoms with Gasteiger partial charge >= 0.3 is 0 Å². The highest BCUT2D eigenvalue weighted by Gasteiger charge is 2.42. The smallest absolute Gasteiger partial charge is 0.239 e. The van der Waals surface area contributed by atoms with Crippen molar-refractivity contribution in [3.63, 3.8) is 0 Å². The summed E-state index contributed by atoms with van der Waals surface area (Å²) in [5, 5.41) is 6.72. The molecule has 0 bridgehead atoms. The number of nitrogens with one attached hydrogen (secondary N) is 2. The van der Waals surface area contributed by atoms with E-state index in [9.17, 15) is 9.59 Å². The molecule has 5 rings (SSSR count). The first-order chi connectivity index (χ1) is 19.5. The number of para-hydroxylation sites is 3. The summed E-state index contributed by atoms with van der Waals surface area (Å²) in [6.07, 6.45) is 1.22. The van der Waals surface area contributed by atoms with Crippen LogP contribution in [-0.4, -0.2) is 25.3 Å². The lowest BCUT2D eigenvalue weighted by Crippen LogP contribution is -2.42. The summed E-state index contributed by atoms with van der Waals surface area (Å²) in [5.41, 5.74) is 6.46. The first kappa shape index (κ1) is 28.5.